The molecule has 0 bridgehead atoms. The van der Waals surface area contributed by atoms with Crippen molar-refractivity contribution in [2.45, 2.75) is 38.1 Å². The normalized spacial score (nSPS) is 16.1. The summed E-state index contributed by atoms with van der Waals surface area (Å²) in [5.41, 5.74) is 0. The van der Waals surface area contributed by atoms with Crippen molar-refractivity contribution in [1.29, 1.82) is 0 Å². The van der Waals surface area contributed by atoms with Crippen molar-refractivity contribution in [3.63, 3.8) is 0 Å². The second-order valence-electron chi connectivity index (χ2n) is 4.81. The molecule has 100 valence electrons. The fourth-order valence-electron chi connectivity index (χ4n) is 2.25. The van der Waals surface area contributed by atoms with E-state index in [0.29, 0.717) is 12.6 Å². The highest BCUT2D eigenvalue weighted by molar-refractivity contribution is 5.78. The minimum atomic E-state index is 0.0934. The van der Waals surface area contributed by atoms with Gasteiger partial charge in [-0.25, -0.2) is 4.98 Å². The third-order valence-corrected chi connectivity index (χ3v) is 3.18. The fourth-order valence-corrected chi connectivity index (χ4v) is 2.25. The zero-order chi connectivity index (χ0) is 12.8. The van der Waals surface area contributed by atoms with Crippen LogP contribution in [0.3, 0.4) is 0 Å². The van der Waals surface area contributed by atoms with Crippen LogP contribution < -0.4 is 10.6 Å². The molecule has 0 unspecified atom stereocenters. The number of nitrogens with one attached hydrogen (secondary N) is 2. The van der Waals surface area contributed by atoms with Crippen LogP contribution in [0.5, 0.6) is 0 Å². The number of carbonyl (C=O) groups is 1. The lowest BCUT2D eigenvalue weighted by atomic mass is 10.2. The first-order valence-corrected chi connectivity index (χ1v) is 6.58. The van der Waals surface area contributed by atoms with E-state index >= 15 is 0 Å². The molecule has 0 saturated heterocycles. The lowest BCUT2D eigenvalue weighted by molar-refractivity contribution is -0.120. The Balaban J connectivity index is 1.56. The molecule has 1 aliphatic rings. The van der Waals surface area contributed by atoms with E-state index in [0.717, 1.165) is 31.6 Å². The zero-order valence-corrected chi connectivity index (χ0v) is 10.9. The van der Waals surface area contributed by atoms with Crippen LogP contribution in [-0.2, 0) is 18.3 Å². The molecule has 1 amide bonds. The maximum Gasteiger partial charge on any atom is 0.234 e. The van der Waals surface area contributed by atoms with Crippen molar-refractivity contribution in [3.05, 3.63) is 12.2 Å². The van der Waals surface area contributed by atoms with Gasteiger partial charge in [-0.15, -0.1) is 0 Å². The minimum Gasteiger partial charge on any atom is -0.352 e. The van der Waals surface area contributed by atoms with E-state index in [1.165, 1.54) is 12.8 Å². The maximum absolute atomic E-state index is 11.6. The van der Waals surface area contributed by atoms with Gasteiger partial charge in [0.1, 0.15) is 6.33 Å². The molecule has 1 aliphatic carbocycles. The largest absolute Gasteiger partial charge is 0.352 e. The number of aryl methyl sites for hydroxylation is 1. The average Bonchev–Trinajstić information content (AvgIpc) is 2.96. The molecule has 0 spiro atoms. The van der Waals surface area contributed by atoms with Gasteiger partial charge in [-0.05, 0) is 12.8 Å². The Labute approximate surface area is 107 Å². The van der Waals surface area contributed by atoms with Crippen LogP contribution in [0, 0.1) is 0 Å². The van der Waals surface area contributed by atoms with Crippen LogP contribution in [0.15, 0.2) is 6.33 Å². The number of aromatic nitrogens is 3. The van der Waals surface area contributed by atoms with Gasteiger partial charge in [-0.2, -0.15) is 5.10 Å². The van der Waals surface area contributed by atoms with E-state index in [1.807, 2.05) is 7.05 Å². The van der Waals surface area contributed by atoms with Gasteiger partial charge in [-0.1, -0.05) is 12.8 Å². The van der Waals surface area contributed by atoms with Gasteiger partial charge in [-0.3, -0.25) is 9.48 Å². The van der Waals surface area contributed by atoms with Crippen molar-refractivity contribution < 1.29 is 4.79 Å². The Bertz CT molecular complexity index is 384. The number of carbonyl (C=O) groups excluding carboxylic acids is 1. The lowest BCUT2D eigenvalue weighted by Gasteiger charge is -2.11. The van der Waals surface area contributed by atoms with Crippen molar-refractivity contribution in [2.24, 2.45) is 7.05 Å². The summed E-state index contributed by atoms with van der Waals surface area (Å²) in [4.78, 5) is 15.7. The number of rotatable bonds is 6. The quantitative estimate of drug-likeness (QED) is 0.698. The van der Waals surface area contributed by atoms with Crippen LogP contribution in [-0.4, -0.2) is 39.8 Å². The second kappa shape index (κ2) is 6.49. The first-order valence-electron chi connectivity index (χ1n) is 6.58. The molecule has 0 radical (unpaired) electrons. The van der Waals surface area contributed by atoms with Gasteiger partial charge in [0.05, 0.1) is 6.54 Å². The topological polar surface area (TPSA) is 71.8 Å². The maximum atomic E-state index is 11.6. The molecular formula is C12H21N5O. The van der Waals surface area contributed by atoms with Gasteiger partial charge in [0.25, 0.3) is 0 Å². The Kier molecular flexibility index (Phi) is 4.69. The molecule has 6 heteroatoms. The number of hydrogen-bond acceptors (Lipinski definition) is 4. The Morgan fingerprint density at radius 3 is 2.94 bits per heavy atom. The standard InChI is InChI=1S/C12H21N5O/c1-17-9-14-11(16-17)6-7-13-8-12(18)15-10-4-2-3-5-10/h9-10,13H,2-8H2,1H3,(H,15,18). The van der Waals surface area contributed by atoms with Gasteiger partial charge in [0, 0.05) is 26.1 Å². The molecule has 0 atom stereocenters. The van der Waals surface area contributed by atoms with Crippen LogP contribution in [0.25, 0.3) is 0 Å². The highest BCUT2D eigenvalue weighted by atomic mass is 16.1. The summed E-state index contributed by atoms with van der Waals surface area (Å²) in [5, 5.41) is 10.3. The molecular weight excluding hydrogens is 230 g/mol. The molecule has 6 nitrogen and oxygen atoms in total. The molecule has 1 saturated carbocycles. The molecule has 0 aliphatic heterocycles. The smallest absolute Gasteiger partial charge is 0.234 e. The monoisotopic (exact) mass is 251 g/mol. The second-order valence-corrected chi connectivity index (χ2v) is 4.81. The van der Waals surface area contributed by atoms with Gasteiger partial charge in [0.15, 0.2) is 5.82 Å². The van der Waals surface area contributed by atoms with Crippen molar-refractivity contribution in [3.8, 4) is 0 Å². The molecule has 2 rings (SSSR count). The first kappa shape index (κ1) is 13.0. The Morgan fingerprint density at radius 2 is 2.28 bits per heavy atom. The Morgan fingerprint density at radius 1 is 1.50 bits per heavy atom. The molecule has 2 N–H and O–H groups in total. The molecule has 1 aromatic heterocycles. The summed E-state index contributed by atoms with van der Waals surface area (Å²) >= 11 is 0. The SMILES string of the molecule is Cn1cnc(CCNCC(=O)NC2CCCC2)n1. The van der Waals surface area contributed by atoms with E-state index in [2.05, 4.69) is 20.7 Å². The third-order valence-electron chi connectivity index (χ3n) is 3.18. The predicted octanol–water partition coefficient (Wildman–Crippen LogP) is 0.00600. The lowest BCUT2D eigenvalue weighted by Crippen LogP contribution is -2.39. The fraction of sp³-hybridized carbons (Fsp3) is 0.750. The van der Waals surface area contributed by atoms with E-state index < -0.39 is 0 Å². The molecule has 1 fully saturated rings. The van der Waals surface area contributed by atoms with Crippen LogP contribution in [0.4, 0.5) is 0 Å². The number of nitrogens with zero attached hydrogens (tertiary/aromatic N) is 3. The molecule has 0 aromatic carbocycles. The van der Waals surface area contributed by atoms with Crippen LogP contribution in [0.2, 0.25) is 0 Å². The van der Waals surface area contributed by atoms with Gasteiger partial charge >= 0.3 is 0 Å². The van der Waals surface area contributed by atoms with Crippen molar-refractivity contribution >= 4 is 5.91 Å². The number of hydrogen-bond donors (Lipinski definition) is 2. The summed E-state index contributed by atoms with van der Waals surface area (Å²) in [6, 6.07) is 0.400. The first-order chi connectivity index (χ1) is 8.74. The zero-order valence-electron chi connectivity index (χ0n) is 10.9. The van der Waals surface area contributed by atoms with E-state index in [-0.39, 0.29) is 5.91 Å². The Hall–Kier alpha value is -1.43. The van der Waals surface area contributed by atoms with Gasteiger partial charge in [0.2, 0.25) is 5.91 Å². The number of amides is 1. The molecule has 1 heterocycles. The van der Waals surface area contributed by atoms with Crippen molar-refractivity contribution in [2.75, 3.05) is 13.1 Å². The highest BCUT2D eigenvalue weighted by Gasteiger charge is 2.16. The predicted molar refractivity (Wildman–Crippen MR) is 68.0 cm³/mol. The molecule has 18 heavy (non-hydrogen) atoms. The van der Waals surface area contributed by atoms with Crippen molar-refractivity contribution in [1.82, 2.24) is 25.4 Å². The third kappa shape index (κ3) is 4.10. The average molecular weight is 251 g/mol. The summed E-state index contributed by atoms with van der Waals surface area (Å²) < 4.78 is 1.68. The highest BCUT2D eigenvalue weighted by Crippen LogP contribution is 2.17. The summed E-state index contributed by atoms with van der Waals surface area (Å²) in [7, 11) is 1.85. The summed E-state index contributed by atoms with van der Waals surface area (Å²) in [6.07, 6.45) is 7.17. The summed E-state index contributed by atoms with van der Waals surface area (Å²) in [5.74, 6) is 0.900. The summed E-state index contributed by atoms with van der Waals surface area (Å²) in [6.45, 7) is 1.10. The van der Waals surface area contributed by atoms with Crippen LogP contribution in [0.1, 0.15) is 31.5 Å². The minimum absolute atomic E-state index is 0.0934. The van der Waals surface area contributed by atoms with E-state index in [4.69, 9.17) is 0 Å². The van der Waals surface area contributed by atoms with E-state index in [9.17, 15) is 4.79 Å². The van der Waals surface area contributed by atoms with Gasteiger partial charge < -0.3 is 10.6 Å². The molecule has 1 aromatic rings. The van der Waals surface area contributed by atoms with E-state index in [1.54, 1.807) is 11.0 Å². The van der Waals surface area contributed by atoms with Crippen LogP contribution >= 0.6 is 0 Å².